The molecule has 0 aliphatic carbocycles. The van der Waals surface area contributed by atoms with Crippen molar-refractivity contribution in [3.05, 3.63) is 69.6 Å². The molecule has 4 nitrogen and oxygen atoms in total. The molecule has 6 heteroatoms. The fraction of sp³-hybridized carbons (Fsp3) is 0.143. The van der Waals surface area contributed by atoms with Crippen LogP contribution in [0.15, 0.2) is 41.3 Å². The van der Waals surface area contributed by atoms with Crippen molar-refractivity contribution < 1.29 is 13.6 Å². The number of hydrogen-bond donors (Lipinski definition) is 2. The zero-order valence-corrected chi connectivity index (χ0v) is 10.6. The zero-order valence-electron chi connectivity index (χ0n) is 10.6. The molecule has 1 amide bonds. The molecule has 1 heterocycles. The van der Waals surface area contributed by atoms with Crippen LogP contribution in [-0.4, -0.2) is 10.9 Å². The first-order valence-electron chi connectivity index (χ1n) is 5.92. The number of nitrogens with one attached hydrogen (secondary N) is 2. The highest BCUT2D eigenvalue weighted by atomic mass is 19.1. The molecule has 2 N–H and O–H groups in total. The summed E-state index contributed by atoms with van der Waals surface area (Å²) in [5.74, 6) is -1.92. The highest BCUT2D eigenvalue weighted by Crippen LogP contribution is 2.18. The smallest absolute Gasteiger partial charge is 0.252 e. The number of hydrogen-bond acceptors (Lipinski definition) is 2. The number of carbonyl (C=O) groups excluding carboxylic acids is 1. The Morgan fingerprint density at radius 3 is 2.65 bits per heavy atom. The molecule has 2 aromatic rings. The highest BCUT2D eigenvalue weighted by Gasteiger charge is 2.15. The van der Waals surface area contributed by atoms with Gasteiger partial charge in [0, 0.05) is 29.5 Å². The Labute approximate surface area is 113 Å². The lowest BCUT2D eigenvalue weighted by Gasteiger charge is -2.15. The second kappa shape index (κ2) is 5.64. The average Bonchev–Trinajstić information content (AvgIpc) is 2.38. The van der Waals surface area contributed by atoms with Gasteiger partial charge in [-0.05, 0) is 19.1 Å². The van der Waals surface area contributed by atoms with Crippen LogP contribution in [0, 0.1) is 11.6 Å². The fourth-order valence-corrected chi connectivity index (χ4v) is 1.80. The highest BCUT2D eigenvalue weighted by molar-refractivity contribution is 5.94. The van der Waals surface area contributed by atoms with E-state index in [-0.39, 0.29) is 11.1 Å². The van der Waals surface area contributed by atoms with Crippen LogP contribution in [0.5, 0.6) is 0 Å². The molecule has 0 aliphatic heterocycles. The molecule has 104 valence electrons. The predicted octanol–water partition coefficient (Wildman–Crippen LogP) is 2.14. The summed E-state index contributed by atoms with van der Waals surface area (Å²) >= 11 is 0. The van der Waals surface area contributed by atoms with Crippen LogP contribution in [-0.2, 0) is 0 Å². The van der Waals surface area contributed by atoms with E-state index in [1.807, 2.05) is 0 Å². The minimum Gasteiger partial charge on any atom is -0.345 e. The predicted molar refractivity (Wildman–Crippen MR) is 69.3 cm³/mol. The van der Waals surface area contributed by atoms with Crippen LogP contribution in [0.3, 0.4) is 0 Å². The van der Waals surface area contributed by atoms with Gasteiger partial charge in [0.1, 0.15) is 11.6 Å². The van der Waals surface area contributed by atoms with E-state index in [2.05, 4.69) is 10.3 Å². The number of pyridine rings is 1. The molecular weight excluding hydrogens is 266 g/mol. The minimum atomic E-state index is -0.733. The Morgan fingerprint density at radius 1 is 1.25 bits per heavy atom. The first-order chi connectivity index (χ1) is 9.47. The van der Waals surface area contributed by atoms with Crippen molar-refractivity contribution in [2.75, 3.05) is 0 Å². The Hall–Kier alpha value is -2.50. The summed E-state index contributed by atoms with van der Waals surface area (Å²) in [6.45, 7) is 1.57. The van der Waals surface area contributed by atoms with Gasteiger partial charge in [-0.15, -0.1) is 0 Å². The third-order valence-electron chi connectivity index (χ3n) is 2.81. The van der Waals surface area contributed by atoms with Crippen LogP contribution < -0.4 is 10.9 Å². The SMILES string of the molecule is CC(NC(=O)c1cc[nH]c(=O)c1)c1ccc(F)cc1F. The normalized spacial score (nSPS) is 11.9. The summed E-state index contributed by atoms with van der Waals surface area (Å²) in [7, 11) is 0. The summed E-state index contributed by atoms with van der Waals surface area (Å²) in [4.78, 5) is 25.4. The van der Waals surface area contributed by atoms with Gasteiger partial charge in [0.2, 0.25) is 5.56 Å². The van der Waals surface area contributed by atoms with Crippen LogP contribution in [0.2, 0.25) is 0 Å². The van der Waals surface area contributed by atoms with Crippen LogP contribution >= 0.6 is 0 Å². The number of benzene rings is 1. The van der Waals surface area contributed by atoms with Crippen LogP contribution in [0.1, 0.15) is 28.9 Å². The van der Waals surface area contributed by atoms with E-state index in [0.717, 1.165) is 18.2 Å². The first-order valence-corrected chi connectivity index (χ1v) is 5.92. The second-order valence-electron chi connectivity index (χ2n) is 4.30. The minimum absolute atomic E-state index is 0.170. The molecule has 0 saturated heterocycles. The molecule has 1 aromatic heterocycles. The number of halogens is 2. The Bertz CT molecular complexity index is 698. The molecule has 0 radical (unpaired) electrons. The quantitative estimate of drug-likeness (QED) is 0.903. The molecule has 2 rings (SSSR count). The lowest BCUT2D eigenvalue weighted by molar-refractivity contribution is 0.0939. The van der Waals surface area contributed by atoms with E-state index >= 15 is 0 Å². The Balaban J connectivity index is 2.17. The first kappa shape index (κ1) is 13.9. The van der Waals surface area contributed by atoms with Crippen molar-refractivity contribution in [3.8, 4) is 0 Å². The maximum absolute atomic E-state index is 13.6. The lowest BCUT2D eigenvalue weighted by Crippen LogP contribution is -2.28. The summed E-state index contributed by atoms with van der Waals surface area (Å²) in [6, 6.07) is 5.07. The molecule has 1 aromatic carbocycles. The molecule has 0 aliphatic rings. The maximum atomic E-state index is 13.6. The van der Waals surface area contributed by atoms with E-state index in [1.54, 1.807) is 6.92 Å². The number of H-pyrrole nitrogens is 1. The number of rotatable bonds is 3. The average molecular weight is 278 g/mol. The number of aromatic amines is 1. The summed E-state index contributed by atoms with van der Waals surface area (Å²) in [5, 5.41) is 2.55. The Morgan fingerprint density at radius 2 is 2.00 bits per heavy atom. The van der Waals surface area contributed by atoms with Crippen molar-refractivity contribution in [1.29, 1.82) is 0 Å². The number of amides is 1. The third-order valence-corrected chi connectivity index (χ3v) is 2.81. The largest absolute Gasteiger partial charge is 0.345 e. The molecule has 0 fully saturated rings. The van der Waals surface area contributed by atoms with Gasteiger partial charge in [0.15, 0.2) is 0 Å². The van der Waals surface area contributed by atoms with Crippen molar-refractivity contribution in [2.45, 2.75) is 13.0 Å². The lowest BCUT2D eigenvalue weighted by atomic mass is 10.1. The second-order valence-corrected chi connectivity index (χ2v) is 4.30. The van der Waals surface area contributed by atoms with Gasteiger partial charge in [-0.3, -0.25) is 9.59 Å². The van der Waals surface area contributed by atoms with Crippen LogP contribution in [0.25, 0.3) is 0 Å². The van der Waals surface area contributed by atoms with Gasteiger partial charge >= 0.3 is 0 Å². The molecule has 20 heavy (non-hydrogen) atoms. The topological polar surface area (TPSA) is 62.0 Å². The van der Waals surface area contributed by atoms with Gasteiger partial charge in [-0.1, -0.05) is 6.07 Å². The molecule has 1 unspecified atom stereocenters. The third kappa shape index (κ3) is 3.09. The summed E-state index contributed by atoms with van der Waals surface area (Å²) < 4.78 is 26.4. The molecule has 0 spiro atoms. The van der Waals surface area contributed by atoms with Gasteiger partial charge in [-0.25, -0.2) is 8.78 Å². The van der Waals surface area contributed by atoms with E-state index in [0.29, 0.717) is 0 Å². The Kier molecular flexibility index (Phi) is 3.93. The van der Waals surface area contributed by atoms with Crippen molar-refractivity contribution in [2.24, 2.45) is 0 Å². The fourth-order valence-electron chi connectivity index (χ4n) is 1.80. The van der Waals surface area contributed by atoms with Gasteiger partial charge in [0.25, 0.3) is 5.91 Å². The molecule has 0 saturated carbocycles. The molecular formula is C14H12F2N2O2. The summed E-state index contributed by atoms with van der Waals surface area (Å²) in [5.41, 5.74) is -0.0639. The molecule has 1 atom stereocenters. The van der Waals surface area contributed by atoms with E-state index in [9.17, 15) is 18.4 Å². The number of carbonyl (C=O) groups is 1. The van der Waals surface area contributed by atoms with E-state index in [1.165, 1.54) is 18.3 Å². The van der Waals surface area contributed by atoms with Crippen LogP contribution in [0.4, 0.5) is 8.78 Å². The van der Waals surface area contributed by atoms with Crippen molar-refractivity contribution >= 4 is 5.91 Å². The van der Waals surface area contributed by atoms with Crippen molar-refractivity contribution in [1.82, 2.24) is 10.3 Å². The van der Waals surface area contributed by atoms with Crippen molar-refractivity contribution in [3.63, 3.8) is 0 Å². The van der Waals surface area contributed by atoms with Gasteiger partial charge < -0.3 is 10.3 Å². The van der Waals surface area contributed by atoms with Gasteiger partial charge in [-0.2, -0.15) is 0 Å². The zero-order chi connectivity index (χ0) is 14.7. The summed E-state index contributed by atoms with van der Waals surface area (Å²) in [6.07, 6.45) is 1.35. The number of aromatic nitrogens is 1. The van der Waals surface area contributed by atoms with E-state index < -0.39 is 29.1 Å². The van der Waals surface area contributed by atoms with E-state index in [4.69, 9.17) is 0 Å². The van der Waals surface area contributed by atoms with Gasteiger partial charge in [0.05, 0.1) is 6.04 Å². The maximum Gasteiger partial charge on any atom is 0.252 e. The monoisotopic (exact) mass is 278 g/mol. The molecule has 0 bridgehead atoms. The standard InChI is InChI=1S/C14H12F2N2O2/c1-8(11-3-2-10(15)7-12(11)16)18-14(20)9-4-5-17-13(19)6-9/h2-8H,1H3,(H,17,19)(H,18,20).